The van der Waals surface area contributed by atoms with Crippen molar-refractivity contribution in [1.29, 1.82) is 0 Å². The van der Waals surface area contributed by atoms with Gasteiger partial charge in [0.1, 0.15) is 5.82 Å². The molecule has 1 saturated heterocycles. The first kappa shape index (κ1) is 13.8. The number of rotatable bonds is 2. The first-order valence-electron chi connectivity index (χ1n) is 6.74. The van der Waals surface area contributed by atoms with Gasteiger partial charge in [-0.25, -0.2) is 4.39 Å². The Labute approximate surface area is 113 Å². The molecule has 0 bridgehead atoms. The summed E-state index contributed by atoms with van der Waals surface area (Å²) in [6.07, 6.45) is 2.75. The van der Waals surface area contributed by atoms with E-state index in [4.69, 9.17) is 0 Å². The van der Waals surface area contributed by atoms with Crippen molar-refractivity contribution in [3.05, 3.63) is 47.3 Å². The highest BCUT2D eigenvalue weighted by Gasteiger charge is 2.30. The fraction of sp³-hybridized carbons (Fsp3) is 0.438. The number of hydrogen-bond acceptors (Lipinski definition) is 1. The summed E-state index contributed by atoms with van der Waals surface area (Å²) in [6, 6.07) is 6.37. The van der Waals surface area contributed by atoms with Crippen LogP contribution < -0.4 is 0 Å². The van der Waals surface area contributed by atoms with Crippen molar-refractivity contribution in [2.75, 3.05) is 6.54 Å². The van der Waals surface area contributed by atoms with Gasteiger partial charge < -0.3 is 4.90 Å². The number of benzene rings is 1. The van der Waals surface area contributed by atoms with Gasteiger partial charge in [0.25, 0.3) is 0 Å². The third kappa shape index (κ3) is 2.86. The quantitative estimate of drug-likeness (QED) is 0.743. The van der Waals surface area contributed by atoms with Crippen molar-refractivity contribution >= 4 is 5.91 Å². The van der Waals surface area contributed by atoms with Crippen molar-refractivity contribution in [2.45, 2.75) is 33.2 Å². The predicted octanol–water partition coefficient (Wildman–Crippen LogP) is 3.70. The predicted molar refractivity (Wildman–Crippen MR) is 74.1 cm³/mol. The molecule has 3 heteroatoms. The van der Waals surface area contributed by atoms with Crippen molar-refractivity contribution in [3.63, 3.8) is 0 Å². The van der Waals surface area contributed by atoms with Gasteiger partial charge in [-0.15, -0.1) is 0 Å². The van der Waals surface area contributed by atoms with E-state index in [0.29, 0.717) is 5.92 Å². The molecule has 1 heterocycles. The molecular weight excluding hydrogens is 241 g/mol. The molecule has 2 nitrogen and oxygen atoms in total. The van der Waals surface area contributed by atoms with Crippen LogP contribution in [0.5, 0.6) is 0 Å². The summed E-state index contributed by atoms with van der Waals surface area (Å²) >= 11 is 0. The number of carbonyl (C=O) groups is 1. The number of carbonyl (C=O) groups excluding carboxylic acids is 1. The zero-order valence-electron chi connectivity index (χ0n) is 11.7. The Bertz CT molecular complexity index is 492. The molecule has 0 aliphatic carbocycles. The van der Waals surface area contributed by atoms with Crippen molar-refractivity contribution in [1.82, 2.24) is 4.90 Å². The maximum absolute atomic E-state index is 13.0. The highest BCUT2D eigenvalue weighted by molar-refractivity contribution is 5.94. The van der Waals surface area contributed by atoms with Crippen LogP contribution in [0.25, 0.3) is 0 Å². The lowest BCUT2D eigenvalue weighted by Crippen LogP contribution is -2.42. The van der Waals surface area contributed by atoms with Gasteiger partial charge in [0.15, 0.2) is 0 Å². The average Bonchev–Trinajstić information content (AvgIpc) is 2.41. The van der Waals surface area contributed by atoms with E-state index in [1.807, 2.05) is 24.8 Å². The number of nitrogens with zero attached hydrogens (tertiary/aromatic N) is 1. The normalized spacial score (nSPS) is 23.8. The van der Waals surface area contributed by atoms with E-state index in [0.717, 1.165) is 24.1 Å². The van der Waals surface area contributed by atoms with E-state index in [2.05, 4.69) is 6.92 Å². The summed E-state index contributed by atoms with van der Waals surface area (Å²) < 4.78 is 13.0. The van der Waals surface area contributed by atoms with E-state index in [-0.39, 0.29) is 17.8 Å². The molecule has 0 unspecified atom stereocenters. The van der Waals surface area contributed by atoms with E-state index in [1.54, 1.807) is 12.1 Å². The lowest BCUT2D eigenvalue weighted by molar-refractivity contribution is -0.132. The maximum atomic E-state index is 13.0. The van der Waals surface area contributed by atoms with Crippen LogP contribution in [0, 0.1) is 11.7 Å². The lowest BCUT2D eigenvalue weighted by Gasteiger charge is -2.37. The Morgan fingerprint density at radius 2 is 2.00 bits per heavy atom. The summed E-state index contributed by atoms with van der Waals surface area (Å²) in [4.78, 5) is 14.3. The van der Waals surface area contributed by atoms with Crippen LogP contribution in [0.4, 0.5) is 4.39 Å². The maximum Gasteiger partial charge on any atom is 0.249 e. The van der Waals surface area contributed by atoms with E-state index >= 15 is 0 Å². The van der Waals surface area contributed by atoms with Crippen LogP contribution in [0.2, 0.25) is 0 Å². The number of allylic oxidation sites excluding steroid dienone is 1. The minimum atomic E-state index is -0.247. The van der Waals surface area contributed by atoms with Crippen LogP contribution in [-0.4, -0.2) is 17.4 Å². The third-order valence-electron chi connectivity index (χ3n) is 3.78. The number of likely N-dealkylation sites (tertiary alicyclic amines) is 1. The number of piperidine rings is 1. The van der Waals surface area contributed by atoms with E-state index in [1.165, 1.54) is 12.1 Å². The van der Waals surface area contributed by atoms with Crippen LogP contribution in [0.1, 0.15) is 38.8 Å². The molecule has 1 fully saturated rings. The van der Waals surface area contributed by atoms with E-state index in [9.17, 15) is 9.18 Å². The second-order valence-corrected chi connectivity index (χ2v) is 5.31. The minimum Gasteiger partial charge on any atom is -0.332 e. The van der Waals surface area contributed by atoms with Gasteiger partial charge in [-0.3, -0.25) is 4.79 Å². The fourth-order valence-corrected chi connectivity index (χ4v) is 2.63. The Hall–Kier alpha value is -1.64. The first-order valence-corrected chi connectivity index (χ1v) is 6.74. The Morgan fingerprint density at radius 3 is 2.58 bits per heavy atom. The second kappa shape index (κ2) is 5.55. The number of halogens is 1. The number of amides is 1. The molecular formula is C16H20FNO. The lowest BCUT2D eigenvalue weighted by atomic mass is 9.92. The zero-order valence-corrected chi connectivity index (χ0v) is 11.7. The van der Waals surface area contributed by atoms with Crippen LogP contribution in [-0.2, 0) is 4.79 Å². The molecule has 0 radical (unpaired) electrons. The summed E-state index contributed by atoms with van der Waals surface area (Å²) in [5.74, 6) is 0.327. The van der Waals surface area contributed by atoms with Gasteiger partial charge in [0.2, 0.25) is 5.91 Å². The minimum absolute atomic E-state index is 0.0224. The van der Waals surface area contributed by atoms with Gasteiger partial charge in [0.05, 0.1) is 6.04 Å². The smallest absolute Gasteiger partial charge is 0.249 e. The molecule has 0 saturated carbocycles. The SMILES string of the molecule is CC=C1C[C@@H](C)CN([C@@H](C)c2ccc(F)cc2)C1=O. The standard InChI is InChI=1S/C16H20FNO/c1-4-13-9-11(2)10-18(16(13)19)12(3)14-5-7-15(17)8-6-14/h4-8,11-12H,9-10H2,1-3H3/t11-,12+/m1/s1. The second-order valence-electron chi connectivity index (χ2n) is 5.31. The van der Waals surface area contributed by atoms with E-state index < -0.39 is 0 Å². The highest BCUT2D eigenvalue weighted by atomic mass is 19.1. The largest absolute Gasteiger partial charge is 0.332 e. The molecule has 2 rings (SSSR count). The molecule has 1 aromatic carbocycles. The summed E-state index contributed by atoms with van der Waals surface area (Å²) in [5.41, 5.74) is 1.85. The first-order chi connectivity index (χ1) is 9.02. The average molecular weight is 261 g/mol. The molecule has 0 N–H and O–H groups in total. The highest BCUT2D eigenvalue weighted by Crippen LogP contribution is 2.30. The summed E-state index contributed by atoms with van der Waals surface area (Å²) in [5, 5.41) is 0. The number of hydrogen-bond donors (Lipinski definition) is 0. The molecule has 1 aliphatic heterocycles. The van der Waals surface area contributed by atoms with Gasteiger partial charge in [0, 0.05) is 12.1 Å². The third-order valence-corrected chi connectivity index (χ3v) is 3.78. The summed E-state index contributed by atoms with van der Waals surface area (Å²) in [6.45, 7) is 6.82. The molecule has 2 atom stereocenters. The Balaban J connectivity index is 2.24. The van der Waals surface area contributed by atoms with Gasteiger partial charge in [-0.05, 0) is 43.9 Å². The molecule has 0 spiro atoms. The molecule has 1 aromatic rings. The van der Waals surface area contributed by atoms with Crippen LogP contribution >= 0.6 is 0 Å². The fourth-order valence-electron chi connectivity index (χ4n) is 2.63. The molecule has 1 aliphatic rings. The van der Waals surface area contributed by atoms with Crippen molar-refractivity contribution < 1.29 is 9.18 Å². The summed E-state index contributed by atoms with van der Waals surface area (Å²) in [7, 11) is 0. The van der Waals surface area contributed by atoms with Crippen LogP contribution in [0.15, 0.2) is 35.9 Å². The molecule has 19 heavy (non-hydrogen) atoms. The van der Waals surface area contributed by atoms with Crippen molar-refractivity contribution in [3.8, 4) is 0 Å². The van der Waals surface area contributed by atoms with Gasteiger partial charge >= 0.3 is 0 Å². The van der Waals surface area contributed by atoms with Crippen LogP contribution in [0.3, 0.4) is 0 Å². The molecule has 1 amide bonds. The van der Waals surface area contributed by atoms with Gasteiger partial charge in [-0.1, -0.05) is 25.1 Å². The van der Waals surface area contributed by atoms with Crippen molar-refractivity contribution in [2.24, 2.45) is 5.92 Å². The Morgan fingerprint density at radius 1 is 1.37 bits per heavy atom. The zero-order chi connectivity index (χ0) is 14.0. The monoisotopic (exact) mass is 261 g/mol. The molecule has 0 aromatic heterocycles. The van der Waals surface area contributed by atoms with Gasteiger partial charge in [-0.2, -0.15) is 0 Å². The topological polar surface area (TPSA) is 20.3 Å². The molecule has 102 valence electrons. The Kier molecular flexibility index (Phi) is 4.03.